The van der Waals surface area contributed by atoms with Crippen molar-refractivity contribution in [3.05, 3.63) is 50.9 Å². The minimum atomic E-state index is -0.111. The number of nitrogens with one attached hydrogen (secondary N) is 1. The highest BCUT2D eigenvalue weighted by Crippen LogP contribution is 2.33. The van der Waals surface area contributed by atoms with Crippen molar-refractivity contribution in [1.82, 2.24) is 14.6 Å². The van der Waals surface area contributed by atoms with Crippen LogP contribution in [-0.2, 0) is 6.54 Å². The van der Waals surface area contributed by atoms with Crippen LogP contribution in [0.3, 0.4) is 0 Å². The van der Waals surface area contributed by atoms with Crippen LogP contribution in [0.25, 0.3) is 4.96 Å². The summed E-state index contributed by atoms with van der Waals surface area (Å²) >= 11 is 1.51. The van der Waals surface area contributed by atoms with Crippen molar-refractivity contribution in [2.75, 3.05) is 19.8 Å². The molecule has 1 saturated heterocycles. The molecule has 0 radical (unpaired) electrons. The third-order valence-corrected chi connectivity index (χ3v) is 6.15. The predicted molar refractivity (Wildman–Crippen MR) is 101 cm³/mol. The molecular formula is C19H21N4O3S+. The Hall–Kier alpha value is -2.45. The van der Waals surface area contributed by atoms with E-state index in [0.29, 0.717) is 24.2 Å². The number of nitrogens with zero attached hydrogens (tertiary/aromatic N) is 3. The molecule has 1 aromatic carbocycles. The van der Waals surface area contributed by atoms with Crippen LogP contribution in [0.5, 0.6) is 11.5 Å². The minimum absolute atomic E-state index is 0.111. The summed E-state index contributed by atoms with van der Waals surface area (Å²) in [5, 5.41) is 5.46. The zero-order valence-electron chi connectivity index (χ0n) is 15.1. The molecule has 27 heavy (non-hydrogen) atoms. The fourth-order valence-electron chi connectivity index (χ4n) is 4.03. The van der Waals surface area contributed by atoms with Gasteiger partial charge in [-0.3, -0.25) is 4.79 Å². The zero-order valence-corrected chi connectivity index (χ0v) is 15.9. The van der Waals surface area contributed by atoms with Crippen LogP contribution in [-0.4, -0.2) is 34.4 Å². The lowest BCUT2D eigenvalue weighted by Crippen LogP contribution is -3.08. The van der Waals surface area contributed by atoms with E-state index >= 15 is 0 Å². The Labute approximate surface area is 160 Å². The van der Waals surface area contributed by atoms with Gasteiger partial charge in [-0.1, -0.05) is 11.3 Å². The van der Waals surface area contributed by atoms with Crippen molar-refractivity contribution in [2.24, 2.45) is 0 Å². The fraction of sp³-hybridized carbons (Fsp3) is 0.421. The third kappa shape index (κ3) is 3.08. The van der Waals surface area contributed by atoms with Crippen LogP contribution in [0.2, 0.25) is 0 Å². The van der Waals surface area contributed by atoms with E-state index in [2.05, 4.69) is 22.2 Å². The standard InChI is InChI=1S/C19H20N4O3S/c1-12-9-18(24)23-19(20-12)27-17(21-23)11-22-6-2-3-14(22)13-4-5-15-16(10-13)26-8-7-25-15/h4-5,9-10,14H,2-3,6-8,11H2,1H3/p+1/t14-/m1/s1. The number of hydrogen-bond donors (Lipinski definition) is 1. The van der Waals surface area contributed by atoms with Gasteiger partial charge in [0.15, 0.2) is 16.5 Å². The molecule has 5 rings (SSSR count). The number of fused-ring (bicyclic) bond motifs is 2. The number of aryl methyl sites for hydroxylation is 1. The molecule has 8 heteroatoms. The van der Waals surface area contributed by atoms with Gasteiger partial charge in [-0.05, 0) is 25.1 Å². The minimum Gasteiger partial charge on any atom is -0.486 e. The lowest BCUT2D eigenvalue weighted by molar-refractivity contribution is -0.932. The van der Waals surface area contributed by atoms with Crippen LogP contribution in [0.4, 0.5) is 0 Å². The molecule has 0 amide bonds. The monoisotopic (exact) mass is 385 g/mol. The largest absolute Gasteiger partial charge is 0.486 e. The lowest BCUT2D eigenvalue weighted by atomic mass is 10.0. The molecule has 0 saturated carbocycles. The third-order valence-electron chi connectivity index (χ3n) is 5.25. The summed E-state index contributed by atoms with van der Waals surface area (Å²) in [6.45, 7) is 4.94. The average molecular weight is 385 g/mol. The Balaban J connectivity index is 1.42. The molecule has 2 aliphatic rings. The van der Waals surface area contributed by atoms with Crippen molar-refractivity contribution in [3.63, 3.8) is 0 Å². The molecule has 0 spiro atoms. The fourth-order valence-corrected chi connectivity index (χ4v) is 5.03. The Bertz CT molecular complexity index is 1060. The molecule has 140 valence electrons. The number of benzene rings is 1. The van der Waals surface area contributed by atoms with Crippen LogP contribution in [0, 0.1) is 6.92 Å². The number of ether oxygens (including phenoxy) is 2. The maximum atomic E-state index is 12.1. The highest BCUT2D eigenvalue weighted by atomic mass is 32.1. The number of rotatable bonds is 3. The topological polar surface area (TPSA) is 70.2 Å². The van der Waals surface area contributed by atoms with Crippen LogP contribution >= 0.6 is 11.3 Å². The van der Waals surface area contributed by atoms with E-state index in [0.717, 1.165) is 41.7 Å². The van der Waals surface area contributed by atoms with Gasteiger partial charge < -0.3 is 14.4 Å². The van der Waals surface area contributed by atoms with Crippen molar-refractivity contribution in [3.8, 4) is 11.5 Å². The van der Waals surface area contributed by atoms with E-state index in [-0.39, 0.29) is 5.56 Å². The SMILES string of the molecule is Cc1cc(=O)n2nc(C[NH+]3CCC[C@@H]3c3ccc4c(c3)OCCO4)sc2n1. The second kappa shape index (κ2) is 6.61. The normalized spacial score (nSPS) is 21.7. The summed E-state index contributed by atoms with van der Waals surface area (Å²) < 4.78 is 12.8. The van der Waals surface area contributed by atoms with Gasteiger partial charge in [0, 0.05) is 30.2 Å². The molecule has 2 atom stereocenters. The number of likely N-dealkylation sites (tertiary alicyclic amines) is 1. The molecule has 4 heterocycles. The molecule has 1 fully saturated rings. The first-order valence-corrected chi connectivity index (χ1v) is 10.1. The summed E-state index contributed by atoms with van der Waals surface area (Å²) in [6, 6.07) is 8.22. The molecule has 1 unspecified atom stereocenters. The van der Waals surface area contributed by atoms with Gasteiger partial charge in [0.1, 0.15) is 25.8 Å². The summed E-state index contributed by atoms with van der Waals surface area (Å²) in [4.78, 5) is 18.7. The predicted octanol–water partition coefficient (Wildman–Crippen LogP) is 1.15. The molecular weight excluding hydrogens is 364 g/mol. The van der Waals surface area contributed by atoms with Gasteiger partial charge in [-0.25, -0.2) is 4.98 Å². The lowest BCUT2D eigenvalue weighted by Gasteiger charge is -2.23. The van der Waals surface area contributed by atoms with Crippen molar-refractivity contribution in [2.45, 2.75) is 32.4 Å². The van der Waals surface area contributed by atoms with Crippen LogP contribution in [0.15, 0.2) is 29.1 Å². The van der Waals surface area contributed by atoms with E-state index in [9.17, 15) is 4.79 Å². The second-order valence-electron chi connectivity index (χ2n) is 7.11. The average Bonchev–Trinajstić information content (AvgIpc) is 3.28. The summed E-state index contributed by atoms with van der Waals surface area (Å²) in [6.07, 6.45) is 2.31. The van der Waals surface area contributed by atoms with Gasteiger partial charge >= 0.3 is 0 Å². The first kappa shape index (κ1) is 16.7. The van der Waals surface area contributed by atoms with Crippen LogP contribution < -0.4 is 19.9 Å². The van der Waals surface area contributed by atoms with Crippen molar-refractivity contribution in [1.29, 1.82) is 0 Å². The molecule has 7 nitrogen and oxygen atoms in total. The molecule has 2 aliphatic heterocycles. The Morgan fingerprint density at radius 1 is 1.26 bits per heavy atom. The van der Waals surface area contributed by atoms with Gasteiger partial charge in [-0.2, -0.15) is 9.61 Å². The number of quaternary nitrogens is 1. The molecule has 2 aromatic heterocycles. The van der Waals surface area contributed by atoms with Gasteiger partial charge in [0.25, 0.3) is 5.56 Å². The van der Waals surface area contributed by atoms with Crippen molar-refractivity contribution >= 4 is 16.3 Å². The molecule has 3 aromatic rings. The maximum Gasteiger partial charge on any atom is 0.275 e. The summed E-state index contributed by atoms with van der Waals surface area (Å²) in [5.74, 6) is 1.67. The van der Waals surface area contributed by atoms with Crippen molar-refractivity contribution < 1.29 is 14.4 Å². The Morgan fingerprint density at radius 3 is 3.00 bits per heavy atom. The maximum absolute atomic E-state index is 12.1. The van der Waals surface area contributed by atoms with E-state index in [1.165, 1.54) is 38.8 Å². The highest BCUT2D eigenvalue weighted by Gasteiger charge is 2.32. The Morgan fingerprint density at radius 2 is 2.11 bits per heavy atom. The van der Waals surface area contributed by atoms with E-state index < -0.39 is 0 Å². The van der Waals surface area contributed by atoms with E-state index in [1.807, 2.05) is 13.0 Å². The Kier molecular flexibility index (Phi) is 4.09. The van der Waals surface area contributed by atoms with Crippen LogP contribution in [0.1, 0.15) is 35.1 Å². The second-order valence-corrected chi connectivity index (χ2v) is 8.15. The first-order chi connectivity index (χ1) is 13.2. The van der Waals surface area contributed by atoms with Gasteiger partial charge in [-0.15, -0.1) is 0 Å². The number of hydrogen-bond acceptors (Lipinski definition) is 6. The smallest absolute Gasteiger partial charge is 0.275 e. The van der Waals surface area contributed by atoms with E-state index in [1.54, 1.807) is 0 Å². The molecule has 0 bridgehead atoms. The molecule has 1 N–H and O–H groups in total. The number of aromatic nitrogens is 3. The quantitative estimate of drug-likeness (QED) is 0.733. The highest BCUT2D eigenvalue weighted by molar-refractivity contribution is 7.16. The summed E-state index contributed by atoms with van der Waals surface area (Å²) in [7, 11) is 0. The molecule has 0 aliphatic carbocycles. The zero-order chi connectivity index (χ0) is 18.4. The van der Waals surface area contributed by atoms with Gasteiger partial charge in [0.05, 0.1) is 6.54 Å². The van der Waals surface area contributed by atoms with Gasteiger partial charge in [0.2, 0.25) is 4.96 Å². The summed E-state index contributed by atoms with van der Waals surface area (Å²) in [5.41, 5.74) is 1.90. The van der Waals surface area contributed by atoms with E-state index in [4.69, 9.17) is 9.47 Å². The first-order valence-electron chi connectivity index (χ1n) is 9.28.